The number of carboxylic acid groups (broad SMARTS) is 1. The maximum Gasteiger partial charge on any atom is 0.305 e. The molecule has 0 bridgehead atoms. The molecule has 6 heteroatoms. The van der Waals surface area contributed by atoms with Crippen LogP contribution in [0.25, 0.3) is 0 Å². The van der Waals surface area contributed by atoms with Gasteiger partial charge in [-0.2, -0.15) is 0 Å². The summed E-state index contributed by atoms with van der Waals surface area (Å²) in [5.74, 6) is -1.80. The molecule has 1 amide bonds. The van der Waals surface area contributed by atoms with E-state index in [1.165, 1.54) is 12.1 Å². The molecule has 1 aromatic carbocycles. The highest BCUT2D eigenvalue weighted by Gasteiger charge is 2.20. The Morgan fingerprint density at radius 2 is 2.31 bits per heavy atom. The van der Waals surface area contributed by atoms with Crippen LogP contribution < -0.4 is 5.32 Å². The van der Waals surface area contributed by atoms with Gasteiger partial charge in [-0.25, -0.2) is 4.39 Å². The first-order chi connectivity index (χ1) is 7.56. The maximum absolute atomic E-state index is 13.4. The number of aliphatic carboxylic acids is 1. The van der Waals surface area contributed by atoms with Gasteiger partial charge in [0.25, 0.3) is 0 Å². The molecule has 0 aliphatic heterocycles. The number of hydrogen-bond donors (Lipinski definition) is 2. The molecule has 16 heavy (non-hydrogen) atoms. The van der Waals surface area contributed by atoms with Crippen molar-refractivity contribution in [1.29, 1.82) is 0 Å². The van der Waals surface area contributed by atoms with Crippen LogP contribution in [-0.4, -0.2) is 17.5 Å². The highest BCUT2D eigenvalue weighted by Crippen LogP contribution is 2.27. The molecule has 0 aliphatic carbocycles. The molecule has 0 saturated heterocycles. The minimum atomic E-state index is -1.15. The van der Waals surface area contributed by atoms with Gasteiger partial charge in [-0.3, -0.25) is 9.59 Å². The summed E-state index contributed by atoms with van der Waals surface area (Å²) in [7, 11) is 0. The SMILES string of the molecule is O=CNC(CC(=O)O)c1c(F)cccc1Cl. The normalized spacial score (nSPS) is 11.9. The van der Waals surface area contributed by atoms with Crippen molar-refractivity contribution in [1.82, 2.24) is 5.32 Å². The Labute approximate surface area is 96.0 Å². The van der Waals surface area contributed by atoms with Gasteiger partial charge < -0.3 is 10.4 Å². The van der Waals surface area contributed by atoms with E-state index in [1.54, 1.807) is 0 Å². The third-order valence-corrected chi connectivity index (χ3v) is 2.33. The second-order valence-electron chi connectivity index (χ2n) is 3.07. The van der Waals surface area contributed by atoms with Crippen molar-refractivity contribution < 1.29 is 19.1 Å². The van der Waals surface area contributed by atoms with E-state index in [0.717, 1.165) is 6.07 Å². The summed E-state index contributed by atoms with van der Waals surface area (Å²) in [6.45, 7) is 0. The highest BCUT2D eigenvalue weighted by molar-refractivity contribution is 6.31. The molecule has 1 unspecified atom stereocenters. The molecule has 1 aromatic rings. The van der Waals surface area contributed by atoms with Gasteiger partial charge in [0.05, 0.1) is 12.5 Å². The third-order valence-electron chi connectivity index (χ3n) is 2.00. The Hall–Kier alpha value is -1.62. The van der Waals surface area contributed by atoms with Crippen molar-refractivity contribution in [2.45, 2.75) is 12.5 Å². The predicted molar refractivity (Wildman–Crippen MR) is 55.6 cm³/mol. The first-order valence-corrected chi connectivity index (χ1v) is 4.79. The van der Waals surface area contributed by atoms with E-state index in [9.17, 15) is 14.0 Å². The largest absolute Gasteiger partial charge is 0.481 e. The average molecular weight is 246 g/mol. The van der Waals surface area contributed by atoms with Gasteiger partial charge in [-0.05, 0) is 12.1 Å². The fourth-order valence-corrected chi connectivity index (χ4v) is 1.64. The predicted octanol–water partition coefficient (Wildman–Crippen LogP) is 1.74. The summed E-state index contributed by atoms with van der Waals surface area (Å²) >= 11 is 5.75. The molecular formula is C10H9ClFNO3. The molecule has 0 aromatic heterocycles. The number of hydrogen-bond acceptors (Lipinski definition) is 2. The average Bonchev–Trinajstić information content (AvgIpc) is 2.16. The summed E-state index contributed by atoms with van der Waals surface area (Å²) in [6.07, 6.45) is -0.115. The van der Waals surface area contributed by atoms with Crippen LogP contribution in [0.4, 0.5) is 4.39 Å². The van der Waals surface area contributed by atoms with Crippen molar-refractivity contribution in [2.24, 2.45) is 0 Å². The van der Waals surface area contributed by atoms with Crippen molar-refractivity contribution >= 4 is 24.0 Å². The second kappa shape index (κ2) is 5.46. The maximum atomic E-state index is 13.4. The van der Waals surface area contributed by atoms with Crippen LogP contribution in [0.2, 0.25) is 5.02 Å². The number of halogens is 2. The second-order valence-corrected chi connectivity index (χ2v) is 3.48. The number of nitrogens with one attached hydrogen (secondary N) is 1. The Kier molecular flexibility index (Phi) is 4.25. The number of amides is 1. The van der Waals surface area contributed by atoms with Gasteiger partial charge in [0.1, 0.15) is 5.82 Å². The van der Waals surface area contributed by atoms with E-state index >= 15 is 0 Å². The Bertz CT molecular complexity index is 391. The summed E-state index contributed by atoms with van der Waals surface area (Å²) in [5.41, 5.74) is -0.0151. The number of benzene rings is 1. The molecule has 4 nitrogen and oxygen atoms in total. The Morgan fingerprint density at radius 3 is 2.81 bits per heavy atom. The fourth-order valence-electron chi connectivity index (χ4n) is 1.34. The fraction of sp³-hybridized carbons (Fsp3) is 0.200. The standard InChI is InChI=1S/C10H9ClFNO3/c11-6-2-1-3-7(12)10(6)8(13-5-14)4-9(15)16/h1-3,5,8H,4H2,(H,13,14)(H,15,16). The number of carboxylic acids is 1. The first kappa shape index (κ1) is 12.4. The van der Waals surface area contributed by atoms with Crippen LogP contribution in [0, 0.1) is 5.82 Å². The van der Waals surface area contributed by atoms with E-state index < -0.39 is 24.2 Å². The van der Waals surface area contributed by atoms with Crippen LogP contribution in [0.1, 0.15) is 18.0 Å². The van der Waals surface area contributed by atoms with Gasteiger partial charge in [-0.1, -0.05) is 17.7 Å². The third kappa shape index (κ3) is 2.93. The molecule has 0 spiro atoms. The van der Waals surface area contributed by atoms with Gasteiger partial charge in [0.2, 0.25) is 6.41 Å². The minimum absolute atomic E-state index is 0.0151. The quantitative estimate of drug-likeness (QED) is 0.777. The molecule has 1 rings (SSSR count). The molecule has 0 radical (unpaired) electrons. The summed E-state index contributed by atoms with van der Waals surface area (Å²) in [5, 5.41) is 10.9. The van der Waals surface area contributed by atoms with Gasteiger partial charge >= 0.3 is 5.97 Å². The molecule has 1 atom stereocenters. The van der Waals surface area contributed by atoms with Crippen molar-refractivity contribution in [3.63, 3.8) is 0 Å². The zero-order valence-corrected chi connectivity index (χ0v) is 8.87. The Balaban J connectivity index is 3.09. The lowest BCUT2D eigenvalue weighted by Gasteiger charge is -2.16. The zero-order chi connectivity index (χ0) is 12.1. The minimum Gasteiger partial charge on any atom is -0.481 e. The van der Waals surface area contributed by atoms with Crippen LogP contribution in [0.5, 0.6) is 0 Å². The summed E-state index contributed by atoms with van der Waals surface area (Å²) in [6, 6.07) is 3.02. The molecule has 0 fully saturated rings. The highest BCUT2D eigenvalue weighted by atomic mass is 35.5. The van der Waals surface area contributed by atoms with Crippen LogP contribution >= 0.6 is 11.6 Å². The summed E-state index contributed by atoms with van der Waals surface area (Å²) < 4.78 is 13.4. The first-order valence-electron chi connectivity index (χ1n) is 4.41. The van der Waals surface area contributed by atoms with Crippen LogP contribution in [0.3, 0.4) is 0 Å². The topological polar surface area (TPSA) is 66.4 Å². The molecular weight excluding hydrogens is 237 g/mol. The summed E-state index contributed by atoms with van der Waals surface area (Å²) in [4.78, 5) is 20.9. The van der Waals surface area contributed by atoms with Crippen LogP contribution in [0.15, 0.2) is 18.2 Å². The van der Waals surface area contributed by atoms with Crippen molar-refractivity contribution in [3.8, 4) is 0 Å². The van der Waals surface area contributed by atoms with Gasteiger partial charge in [-0.15, -0.1) is 0 Å². The van der Waals surface area contributed by atoms with Crippen molar-refractivity contribution in [2.75, 3.05) is 0 Å². The number of carbonyl (C=O) groups is 2. The van der Waals surface area contributed by atoms with E-state index in [2.05, 4.69) is 5.32 Å². The lowest BCUT2D eigenvalue weighted by molar-refractivity contribution is -0.137. The van der Waals surface area contributed by atoms with Gasteiger partial charge in [0, 0.05) is 10.6 Å². The molecule has 0 aliphatic rings. The van der Waals surface area contributed by atoms with Crippen LogP contribution in [-0.2, 0) is 9.59 Å². The monoisotopic (exact) mass is 245 g/mol. The van der Waals surface area contributed by atoms with E-state index in [1.807, 2.05) is 0 Å². The zero-order valence-electron chi connectivity index (χ0n) is 8.11. The lowest BCUT2D eigenvalue weighted by atomic mass is 10.0. The molecule has 0 saturated carbocycles. The van der Waals surface area contributed by atoms with E-state index in [0.29, 0.717) is 6.41 Å². The number of carbonyl (C=O) groups excluding carboxylic acids is 1. The van der Waals surface area contributed by atoms with Crippen molar-refractivity contribution in [3.05, 3.63) is 34.6 Å². The van der Waals surface area contributed by atoms with Gasteiger partial charge in [0.15, 0.2) is 0 Å². The molecule has 2 N–H and O–H groups in total. The molecule has 86 valence electrons. The Morgan fingerprint density at radius 1 is 1.62 bits per heavy atom. The lowest BCUT2D eigenvalue weighted by Crippen LogP contribution is -2.23. The smallest absolute Gasteiger partial charge is 0.305 e. The van der Waals surface area contributed by atoms with E-state index in [-0.39, 0.29) is 10.6 Å². The number of rotatable bonds is 5. The molecule has 0 heterocycles. The van der Waals surface area contributed by atoms with E-state index in [4.69, 9.17) is 16.7 Å².